The second-order valence-electron chi connectivity index (χ2n) is 4.85. The van der Waals surface area contributed by atoms with Crippen LogP contribution in [0.3, 0.4) is 0 Å². The third-order valence-electron chi connectivity index (χ3n) is 2.76. The molecule has 0 atom stereocenters. The SMILES string of the molecule is CC(C)NCc1cnc(-c2ccc(F)cc2C(F)(F)F)s1. The third-order valence-corrected chi connectivity index (χ3v) is 3.79. The van der Waals surface area contributed by atoms with E-state index in [2.05, 4.69) is 10.3 Å². The highest BCUT2D eigenvalue weighted by Gasteiger charge is 2.34. The topological polar surface area (TPSA) is 24.9 Å². The van der Waals surface area contributed by atoms with Crippen molar-refractivity contribution < 1.29 is 17.6 Å². The second-order valence-corrected chi connectivity index (χ2v) is 5.97. The predicted molar refractivity (Wildman–Crippen MR) is 74.5 cm³/mol. The smallest absolute Gasteiger partial charge is 0.310 e. The Morgan fingerprint density at radius 3 is 2.62 bits per heavy atom. The Balaban J connectivity index is 2.34. The van der Waals surface area contributed by atoms with Crippen molar-refractivity contribution in [3.63, 3.8) is 0 Å². The normalized spacial score (nSPS) is 12.1. The largest absolute Gasteiger partial charge is 0.417 e. The van der Waals surface area contributed by atoms with Gasteiger partial charge >= 0.3 is 6.18 Å². The van der Waals surface area contributed by atoms with Gasteiger partial charge < -0.3 is 5.32 Å². The lowest BCUT2D eigenvalue weighted by atomic mass is 10.1. The van der Waals surface area contributed by atoms with E-state index in [0.717, 1.165) is 17.0 Å². The fraction of sp³-hybridized carbons (Fsp3) is 0.357. The molecule has 2 aromatic rings. The van der Waals surface area contributed by atoms with Gasteiger partial charge in [0.1, 0.15) is 10.8 Å². The van der Waals surface area contributed by atoms with Crippen LogP contribution < -0.4 is 5.32 Å². The zero-order valence-electron chi connectivity index (χ0n) is 11.5. The zero-order chi connectivity index (χ0) is 15.6. The van der Waals surface area contributed by atoms with Crippen LogP contribution in [0.5, 0.6) is 0 Å². The Kier molecular flexibility index (Phi) is 4.63. The highest BCUT2D eigenvalue weighted by Crippen LogP contribution is 2.38. The Bertz CT molecular complexity index is 620. The predicted octanol–water partition coefficient (Wildman–Crippen LogP) is 4.47. The molecule has 0 spiro atoms. The number of thiazole rings is 1. The van der Waals surface area contributed by atoms with Crippen LogP contribution in [0.2, 0.25) is 0 Å². The lowest BCUT2D eigenvalue weighted by Gasteiger charge is -2.11. The molecule has 2 nitrogen and oxygen atoms in total. The first-order chi connectivity index (χ1) is 9.77. The van der Waals surface area contributed by atoms with E-state index in [1.54, 1.807) is 6.20 Å². The first-order valence-corrected chi connectivity index (χ1v) is 7.14. The number of benzene rings is 1. The molecule has 0 aliphatic rings. The molecule has 0 unspecified atom stereocenters. The second kappa shape index (κ2) is 6.11. The van der Waals surface area contributed by atoms with Gasteiger partial charge in [-0.25, -0.2) is 9.37 Å². The molecule has 0 fully saturated rings. The molecule has 0 saturated carbocycles. The van der Waals surface area contributed by atoms with E-state index in [1.807, 2.05) is 13.8 Å². The van der Waals surface area contributed by atoms with Crippen molar-refractivity contribution >= 4 is 11.3 Å². The van der Waals surface area contributed by atoms with Gasteiger partial charge in [0, 0.05) is 29.2 Å². The molecular formula is C14H14F4N2S. The fourth-order valence-corrected chi connectivity index (χ4v) is 2.66. The van der Waals surface area contributed by atoms with Crippen molar-refractivity contribution in [1.29, 1.82) is 0 Å². The molecule has 1 heterocycles. The van der Waals surface area contributed by atoms with Crippen molar-refractivity contribution in [3.05, 3.63) is 40.7 Å². The molecule has 1 aromatic carbocycles. The van der Waals surface area contributed by atoms with E-state index in [-0.39, 0.29) is 16.6 Å². The van der Waals surface area contributed by atoms with Crippen LogP contribution in [-0.4, -0.2) is 11.0 Å². The summed E-state index contributed by atoms with van der Waals surface area (Å²) in [6, 6.07) is 2.91. The van der Waals surface area contributed by atoms with Crippen LogP contribution in [-0.2, 0) is 12.7 Å². The maximum Gasteiger partial charge on any atom is 0.417 e. The first kappa shape index (κ1) is 15.9. The number of hydrogen-bond donors (Lipinski definition) is 1. The average molecular weight is 318 g/mol. The summed E-state index contributed by atoms with van der Waals surface area (Å²) in [4.78, 5) is 4.85. The minimum atomic E-state index is -4.61. The Labute approximate surface area is 123 Å². The van der Waals surface area contributed by atoms with Crippen LogP contribution in [0, 0.1) is 5.82 Å². The summed E-state index contributed by atoms with van der Waals surface area (Å²) in [7, 11) is 0. The minimum Gasteiger partial charge on any atom is -0.310 e. The fourth-order valence-electron chi connectivity index (χ4n) is 1.76. The Morgan fingerprint density at radius 1 is 1.29 bits per heavy atom. The summed E-state index contributed by atoms with van der Waals surface area (Å²) in [5, 5.41) is 3.41. The van der Waals surface area contributed by atoms with Gasteiger partial charge in [0.05, 0.1) is 5.56 Å². The summed E-state index contributed by atoms with van der Waals surface area (Å²) in [6.07, 6.45) is -3.07. The average Bonchev–Trinajstić information content (AvgIpc) is 2.84. The summed E-state index contributed by atoms with van der Waals surface area (Å²) in [5.41, 5.74) is -1.09. The molecule has 114 valence electrons. The van der Waals surface area contributed by atoms with Gasteiger partial charge in [-0.1, -0.05) is 13.8 Å². The van der Waals surface area contributed by atoms with Gasteiger partial charge in [0.15, 0.2) is 0 Å². The molecular weight excluding hydrogens is 304 g/mol. The minimum absolute atomic E-state index is 0.0929. The lowest BCUT2D eigenvalue weighted by Crippen LogP contribution is -2.21. The molecule has 2 rings (SSSR count). The van der Waals surface area contributed by atoms with Crippen molar-refractivity contribution in [2.45, 2.75) is 32.6 Å². The van der Waals surface area contributed by atoms with E-state index in [0.29, 0.717) is 12.6 Å². The van der Waals surface area contributed by atoms with E-state index in [4.69, 9.17) is 0 Å². The first-order valence-electron chi connectivity index (χ1n) is 6.32. The molecule has 21 heavy (non-hydrogen) atoms. The zero-order valence-corrected chi connectivity index (χ0v) is 12.3. The van der Waals surface area contributed by atoms with Crippen LogP contribution >= 0.6 is 11.3 Å². The van der Waals surface area contributed by atoms with Gasteiger partial charge in [-0.05, 0) is 18.2 Å². The molecule has 0 aliphatic heterocycles. The molecule has 0 radical (unpaired) electrons. The number of nitrogens with one attached hydrogen (secondary N) is 1. The number of nitrogens with zero attached hydrogens (tertiary/aromatic N) is 1. The molecule has 0 amide bonds. The van der Waals surface area contributed by atoms with Crippen molar-refractivity contribution in [2.24, 2.45) is 0 Å². The standard InChI is InChI=1S/C14H14F4N2S/c1-8(2)19-6-10-7-20-13(21-10)11-4-3-9(15)5-12(11)14(16,17)18/h3-5,7-8,19H,6H2,1-2H3. The van der Waals surface area contributed by atoms with Crippen LogP contribution in [0.4, 0.5) is 17.6 Å². The van der Waals surface area contributed by atoms with E-state index >= 15 is 0 Å². The number of hydrogen-bond acceptors (Lipinski definition) is 3. The Hall–Kier alpha value is -1.47. The highest BCUT2D eigenvalue weighted by atomic mass is 32.1. The quantitative estimate of drug-likeness (QED) is 0.842. The van der Waals surface area contributed by atoms with Crippen LogP contribution in [0.25, 0.3) is 10.6 Å². The maximum atomic E-state index is 13.1. The van der Waals surface area contributed by atoms with E-state index in [9.17, 15) is 17.6 Å². The van der Waals surface area contributed by atoms with Gasteiger partial charge in [0.2, 0.25) is 0 Å². The molecule has 0 bridgehead atoms. The summed E-state index contributed by atoms with van der Waals surface area (Å²) in [6.45, 7) is 4.49. The van der Waals surface area contributed by atoms with E-state index in [1.165, 1.54) is 11.3 Å². The third kappa shape index (κ3) is 4.01. The van der Waals surface area contributed by atoms with Crippen molar-refractivity contribution in [2.75, 3.05) is 0 Å². The molecule has 0 saturated heterocycles. The van der Waals surface area contributed by atoms with Gasteiger partial charge in [-0.15, -0.1) is 11.3 Å². The number of alkyl halides is 3. The summed E-state index contributed by atoms with van der Waals surface area (Å²) < 4.78 is 52.0. The Morgan fingerprint density at radius 2 is 2.00 bits per heavy atom. The molecule has 1 aromatic heterocycles. The van der Waals surface area contributed by atoms with Crippen molar-refractivity contribution in [3.8, 4) is 10.6 Å². The lowest BCUT2D eigenvalue weighted by molar-refractivity contribution is -0.137. The van der Waals surface area contributed by atoms with E-state index < -0.39 is 17.6 Å². The number of halogens is 4. The van der Waals surface area contributed by atoms with Crippen LogP contribution in [0.15, 0.2) is 24.4 Å². The molecule has 1 N–H and O–H groups in total. The highest BCUT2D eigenvalue weighted by molar-refractivity contribution is 7.15. The van der Waals surface area contributed by atoms with Crippen molar-refractivity contribution in [1.82, 2.24) is 10.3 Å². The van der Waals surface area contributed by atoms with Gasteiger partial charge in [-0.2, -0.15) is 13.2 Å². The number of aromatic nitrogens is 1. The molecule has 0 aliphatic carbocycles. The molecule has 7 heteroatoms. The maximum absolute atomic E-state index is 13.1. The van der Waals surface area contributed by atoms with Gasteiger partial charge in [-0.3, -0.25) is 0 Å². The monoisotopic (exact) mass is 318 g/mol. The van der Waals surface area contributed by atoms with Gasteiger partial charge in [0.25, 0.3) is 0 Å². The summed E-state index contributed by atoms with van der Waals surface area (Å²) >= 11 is 1.17. The van der Waals surface area contributed by atoms with Crippen LogP contribution in [0.1, 0.15) is 24.3 Å². The number of rotatable bonds is 4. The summed E-state index contributed by atoms with van der Waals surface area (Å²) in [5.74, 6) is -0.913.